The molecule has 0 N–H and O–H groups in total. The smallest absolute Gasteiger partial charge is 0.159 e. The number of hydrogen-bond donors (Lipinski definition) is 0. The minimum absolute atomic E-state index is 0.0869. The highest BCUT2D eigenvalue weighted by Crippen LogP contribution is 2.39. The molecule has 1 aliphatic rings. The molecule has 23 heavy (non-hydrogen) atoms. The lowest BCUT2D eigenvalue weighted by Crippen LogP contribution is -2.30. The summed E-state index contributed by atoms with van der Waals surface area (Å²) in [5.74, 6) is 0. The molecule has 2 aromatic rings. The van der Waals surface area contributed by atoms with Crippen molar-refractivity contribution in [3.8, 4) is 0 Å². The van der Waals surface area contributed by atoms with Gasteiger partial charge >= 0.3 is 0 Å². The fourth-order valence-corrected chi connectivity index (χ4v) is 3.03. The van der Waals surface area contributed by atoms with Crippen molar-refractivity contribution in [2.24, 2.45) is 0 Å². The molecule has 0 amide bonds. The summed E-state index contributed by atoms with van der Waals surface area (Å²) in [6, 6.07) is 20.9. The van der Waals surface area contributed by atoms with Crippen molar-refractivity contribution >= 4 is 0 Å². The Bertz CT molecular complexity index is 546. The van der Waals surface area contributed by atoms with Crippen LogP contribution in [0.25, 0.3) is 0 Å². The van der Waals surface area contributed by atoms with E-state index in [1.165, 1.54) is 11.1 Å². The zero-order chi connectivity index (χ0) is 15.9. The molecule has 0 unspecified atom stereocenters. The van der Waals surface area contributed by atoms with Crippen LogP contribution in [-0.4, -0.2) is 6.29 Å². The van der Waals surface area contributed by atoms with E-state index in [1.807, 2.05) is 18.2 Å². The zero-order valence-corrected chi connectivity index (χ0v) is 13.4. The van der Waals surface area contributed by atoms with Crippen LogP contribution in [0.3, 0.4) is 0 Å². The van der Waals surface area contributed by atoms with E-state index >= 15 is 0 Å². The van der Waals surface area contributed by atoms with Crippen molar-refractivity contribution in [3.05, 3.63) is 84.4 Å². The summed E-state index contributed by atoms with van der Waals surface area (Å²) in [5.41, 5.74) is 2.45. The molecule has 1 aliphatic heterocycles. The van der Waals surface area contributed by atoms with Gasteiger partial charge in [0.2, 0.25) is 0 Å². The second kappa shape index (κ2) is 8.09. The molecule has 1 fully saturated rings. The molecule has 0 saturated carbocycles. The highest BCUT2D eigenvalue weighted by molar-refractivity contribution is 5.22. The van der Waals surface area contributed by atoms with Crippen LogP contribution in [0, 0.1) is 0 Å². The quantitative estimate of drug-likeness (QED) is 0.511. The van der Waals surface area contributed by atoms with Gasteiger partial charge in [-0.2, -0.15) is 0 Å². The third kappa shape index (κ3) is 4.31. The molecule has 0 aromatic heterocycles. The lowest BCUT2D eigenvalue weighted by atomic mass is 9.97. The van der Waals surface area contributed by atoms with Gasteiger partial charge in [-0.25, -0.2) is 0 Å². The molecular weight excluding hydrogens is 284 g/mol. The summed E-state index contributed by atoms with van der Waals surface area (Å²) < 4.78 is 12.4. The van der Waals surface area contributed by atoms with Gasteiger partial charge in [0.25, 0.3) is 0 Å². The van der Waals surface area contributed by atoms with Crippen molar-refractivity contribution in [1.29, 1.82) is 0 Å². The first-order valence-electron chi connectivity index (χ1n) is 8.38. The van der Waals surface area contributed by atoms with Gasteiger partial charge < -0.3 is 9.47 Å². The molecule has 0 bridgehead atoms. The second-order valence-corrected chi connectivity index (χ2v) is 5.96. The normalized spacial score (nSPS) is 24.3. The van der Waals surface area contributed by atoms with Crippen LogP contribution in [0.2, 0.25) is 0 Å². The number of rotatable bonds is 6. The minimum atomic E-state index is -0.154. The van der Waals surface area contributed by atoms with Gasteiger partial charge in [-0.15, -0.1) is 6.58 Å². The van der Waals surface area contributed by atoms with E-state index in [1.54, 1.807) is 0 Å². The summed E-state index contributed by atoms with van der Waals surface area (Å²) in [6.07, 6.45) is 5.76. The molecule has 2 aromatic carbocycles. The van der Waals surface area contributed by atoms with E-state index in [9.17, 15) is 0 Å². The van der Waals surface area contributed by atoms with Crippen molar-refractivity contribution in [3.63, 3.8) is 0 Å². The van der Waals surface area contributed by atoms with E-state index in [-0.39, 0.29) is 18.5 Å². The predicted molar refractivity (Wildman–Crippen MR) is 93.0 cm³/mol. The number of hydrogen-bond acceptors (Lipinski definition) is 2. The van der Waals surface area contributed by atoms with Crippen molar-refractivity contribution < 1.29 is 9.47 Å². The third-order valence-electron chi connectivity index (χ3n) is 4.25. The van der Waals surface area contributed by atoms with E-state index < -0.39 is 0 Å². The van der Waals surface area contributed by atoms with Crippen LogP contribution in [0.1, 0.15) is 49.0 Å². The van der Waals surface area contributed by atoms with Crippen LogP contribution in [-0.2, 0) is 9.47 Å². The van der Waals surface area contributed by atoms with Crippen molar-refractivity contribution in [1.82, 2.24) is 0 Å². The molecule has 1 heterocycles. The molecule has 0 aliphatic carbocycles. The fraction of sp³-hybridized carbons (Fsp3) is 0.333. The lowest BCUT2D eigenvalue weighted by Gasteiger charge is -2.36. The molecule has 120 valence electrons. The Kier molecular flexibility index (Phi) is 5.62. The maximum absolute atomic E-state index is 6.21. The van der Waals surface area contributed by atoms with Gasteiger partial charge in [-0.3, -0.25) is 0 Å². The Hall–Kier alpha value is -1.90. The largest absolute Gasteiger partial charge is 0.345 e. The SMILES string of the molecule is C=CCCCC1O[C@H](c2ccccc2)C[C@@H](c2ccccc2)O1. The van der Waals surface area contributed by atoms with Crippen LogP contribution >= 0.6 is 0 Å². The predicted octanol–water partition coefficient (Wildman–Crippen LogP) is 5.59. The van der Waals surface area contributed by atoms with Gasteiger partial charge in [0, 0.05) is 6.42 Å². The first kappa shape index (κ1) is 16.0. The zero-order valence-electron chi connectivity index (χ0n) is 13.4. The Morgan fingerprint density at radius 1 is 0.870 bits per heavy atom. The fourth-order valence-electron chi connectivity index (χ4n) is 3.03. The monoisotopic (exact) mass is 308 g/mol. The summed E-state index contributed by atoms with van der Waals surface area (Å²) in [4.78, 5) is 0. The van der Waals surface area contributed by atoms with E-state index in [2.05, 4.69) is 55.1 Å². The molecular formula is C21H24O2. The maximum atomic E-state index is 6.21. The summed E-state index contributed by atoms with van der Waals surface area (Å²) in [6.45, 7) is 3.79. The van der Waals surface area contributed by atoms with E-state index in [4.69, 9.17) is 9.47 Å². The molecule has 2 nitrogen and oxygen atoms in total. The van der Waals surface area contributed by atoms with E-state index in [0.717, 1.165) is 25.7 Å². The van der Waals surface area contributed by atoms with Crippen LogP contribution < -0.4 is 0 Å². The highest BCUT2D eigenvalue weighted by Gasteiger charge is 2.31. The van der Waals surface area contributed by atoms with Gasteiger partial charge in [0.05, 0.1) is 12.2 Å². The maximum Gasteiger partial charge on any atom is 0.159 e. The topological polar surface area (TPSA) is 18.5 Å². The van der Waals surface area contributed by atoms with Gasteiger partial charge in [0.15, 0.2) is 6.29 Å². The summed E-state index contributed by atoms with van der Waals surface area (Å²) in [7, 11) is 0. The summed E-state index contributed by atoms with van der Waals surface area (Å²) >= 11 is 0. The van der Waals surface area contributed by atoms with Crippen LogP contribution in [0.15, 0.2) is 73.3 Å². The average molecular weight is 308 g/mol. The molecule has 2 heteroatoms. The number of benzene rings is 2. The highest BCUT2D eigenvalue weighted by atomic mass is 16.7. The van der Waals surface area contributed by atoms with E-state index in [0.29, 0.717) is 0 Å². The molecule has 3 rings (SSSR count). The van der Waals surface area contributed by atoms with Crippen LogP contribution in [0.4, 0.5) is 0 Å². The van der Waals surface area contributed by atoms with Gasteiger partial charge in [0.1, 0.15) is 0 Å². The Labute approximate surface area is 138 Å². The Morgan fingerprint density at radius 3 is 1.87 bits per heavy atom. The first-order chi connectivity index (χ1) is 11.4. The van der Waals surface area contributed by atoms with Crippen molar-refractivity contribution in [2.75, 3.05) is 0 Å². The first-order valence-corrected chi connectivity index (χ1v) is 8.38. The number of ether oxygens (including phenoxy) is 2. The molecule has 0 spiro atoms. The molecule has 1 saturated heterocycles. The van der Waals surface area contributed by atoms with Crippen molar-refractivity contribution in [2.45, 2.75) is 44.2 Å². The summed E-state index contributed by atoms with van der Waals surface area (Å²) in [5, 5.41) is 0. The van der Waals surface area contributed by atoms with Gasteiger partial charge in [-0.1, -0.05) is 66.7 Å². The van der Waals surface area contributed by atoms with Gasteiger partial charge in [-0.05, 0) is 30.4 Å². The Morgan fingerprint density at radius 2 is 1.39 bits per heavy atom. The average Bonchev–Trinajstić information content (AvgIpc) is 2.63. The standard InChI is InChI=1S/C21H24O2/c1-2-3-6-15-21-22-19(17-11-7-4-8-12-17)16-20(23-21)18-13-9-5-10-14-18/h2,4-5,7-14,19-21H,1,3,6,15-16H2/t19-,20-/m0/s1. The molecule has 2 atom stereocenters. The minimum Gasteiger partial charge on any atom is -0.345 e. The Balaban J connectivity index is 1.76. The number of allylic oxidation sites excluding steroid dienone is 1. The molecule has 0 radical (unpaired) electrons. The number of unbranched alkanes of at least 4 members (excludes halogenated alkanes) is 1. The third-order valence-corrected chi connectivity index (χ3v) is 4.25. The van der Waals surface area contributed by atoms with Crippen LogP contribution in [0.5, 0.6) is 0 Å². The second-order valence-electron chi connectivity index (χ2n) is 5.96. The lowest BCUT2D eigenvalue weighted by molar-refractivity contribution is -0.250.